The van der Waals surface area contributed by atoms with E-state index in [4.69, 9.17) is 22.3 Å². The van der Waals surface area contributed by atoms with Crippen LogP contribution in [0.2, 0.25) is 0 Å². The number of aliphatic imine (C=N–C) groups is 2. The third-order valence-corrected chi connectivity index (χ3v) is 1.05. The first-order valence-corrected chi connectivity index (χ1v) is 4.55. The second-order valence-electron chi connectivity index (χ2n) is 2.23. The van der Waals surface area contributed by atoms with E-state index < -0.39 is 0 Å². The number of hydrogen-bond acceptors (Lipinski definition) is 4. The molecule has 15 heavy (non-hydrogen) atoms. The normalized spacial score (nSPS) is 11.2. The summed E-state index contributed by atoms with van der Waals surface area (Å²) in [5.41, 5.74) is 15.6. The lowest BCUT2D eigenvalue weighted by molar-refractivity contribution is 0.306. The average Bonchev–Trinajstić information content (AvgIpc) is 2.19. The molecule has 6 nitrogen and oxygen atoms in total. The molecule has 0 amide bonds. The van der Waals surface area contributed by atoms with E-state index in [1.54, 1.807) is 0 Å². The van der Waals surface area contributed by atoms with Gasteiger partial charge in [0.2, 0.25) is 0 Å². The van der Waals surface area contributed by atoms with Gasteiger partial charge in [-0.3, -0.25) is 9.98 Å². The van der Waals surface area contributed by atoms with Crippen LogP contribution in [0.15, 0.2) is 9.98 Å². The number of nitrogens with two attached hydrogens (primary N) is 3. The van der Waals surface area contributed by atoms with Crippen molar-refractivity contribution in [3.8, 4) is 0 Å². The molecule has 7 heteroatoms. The molecule has 0 saturated carbocycles. The summed E-state index contributed by atoms with van der Waals surface area (Å²) in [5.74, 6) is 0.675. The number of rotatable bonds is 3. The largest absolute Gasteiger partial charge is 0.395 e. The van der Waals surface area contributed by atoms with E-state index in [1.807, 2.05) is 13.8 Å². The molecule has 0 rings (SSSR count). The lowest BCUT2D eigenvalue weighted by atomic mass is 10.5. The van der Waals surface area contributed by atoms with Crippen LogP contribution in [-0.2, 0) is 0 Å². The van der Waals surface area contributed by atoms with Gasteiger partial charge in [0.1, 0.15) is 0 Å². The Morgan fingerprint density at radius 2 is 1.33 bits per heavy atom. The van der Waals surface area contributed by atoms with Crippen LogP contribution in [0.25, 0.3) is 0 Å². The van der Waals surface area contributed by atoms with Crippen molar-refractivity contribution in [2.24, 2.45) is 27.2 Å². The topological polar surface area (TPSA) is 123 Å². The predicted molar refractivity (Wildman–Crippen MR) is 67.7 cm³/mol. The molecule has 0 aliphatic heterocycles. The molecule has 0 aromatic rings. The summed E-state index contributed by atoms with van der Waals surface area (Å²) in [6.07, 6.45) is 0. The van der Waals surface area contributed by atoms with E-state index in [-0.39, 0.29) is 19.0 Å². The number of halogens is 1. The van der Waals surface area contributed by atoms with Gasteiger partial charge in [-0.25, -0.2) is 0 Å². The third kappa shape index (κ3) is 15.9. The van der Waals surface area contributed by atoms with Crippen LogP contribution < -0.4 is 17.2 Å². The van der Waals surface area contributed by atoms with Crippen LogP contribution in [0.4, 0.5) is 0 Å². The molecule has 0 heterocycles. The minimum Gasteiger partial charge on any atom is -0.395 e. The maximum Gasteiger partial charge on any atom is 0.161 e. The lowest BCUT2D eigenvalue weighted by Crippen LogP contribution is -2.31. The van der Waals surface area contributed by atoms with E-state index in [9.17, 15) is 0 Å². The van der Waals surface area contributed by atoms with Gasteiger partial charge in [0.15, 0.2) is 11.7 Å². The maximum absolute atomic E-state index is 7.75. The van der Waals surface area contributed by atoms with Gasteiger partial charge in [0, 0.05) is 19.6 Å². The van der Waals surface area contributed by atoms with Crippen molar-refractivity contribution in [2.45, 2.75) is 13.8 Å². The zero-order valence-corrected chi connectivity index (χ0v) is 10.1. The SMILES string of the molecule is CCN=C(N)C(N)=NCC.Cl.NCCO. The zero-order chi connectivity index (χ0) is 11.4. The highest BCUT2D eigenvalue weighted by atomic mass is 35.5. The molecule has 0 fully saturated rings. The smallest absolute Gasteiger partial charge is 0.161 e. The Labute approximate surface area is 97.1 Å². The van der Waals surface area contributed by atoms with Crippen molar-refractivity contribution in [3.63, 3.8) is 0 Å². The van der Waals surface area contributed by atoms with Crippen molar-refractivity contribution >= 4 is 24.1 Å². The van der Waals surface area contributed by atoms with E-state index in [0.717, 1.165) is 0 Å². The average molecular weight is 240 g/mol. The molecule has 0 radical (unpaired) electrons. The Morgan fingerprint density at radius 1 is 1.07 bits per heavy atom. The first kappa shape index (κ1) is 19.7. The molecule has 0 aromatic carbocycles. The molecular formula is C8H22ClN5O. The molecule has 0 spiro atoms. The van der Waals surface area contributed by atoms with Crippen molar-refractivity contribution in [1.82, 2.24) is 0 Å². The predicted octanol–water partition coefficient (Wildman–Crippen LogP) is -0.900. The Kier molecular flexibility index (Phi) is 20.5. The van der Waals surface area contributed by atoms with Gasteiger partial charge in [0.05, 0.1) is 6.61 Å². The zero-order valence-electron chi connectivity index (χ0n) is 9.31. The standard InChI is InChI=1S/C6H14N4.C2H7NO.ClH/c1-3-9-5(7)6(8)10-4-2;3-1-2-4;/h3-4H2,1-2H3,(H2,7,9)(H2,8,10);4H,1-3H2;1H. The minimum absolute atomic E-state index is 0. The van der Waals surface area contributed by atoms with Gasteiger partial charge in [-0.15, -0.1) is 12.4 Å². The number of amidine groups is 2. The Hall–Kier alpha value is -0.850. The van der Waals surface area contributed by atoms with E-state index in [0.29, 0.717) is 31.3 Å². The first-order valence-electron chi connectivity index (χ1n) is 4.55. The monoisotopic (exact) mass is 239 g/mol. The van der Waals surface area contributed by atoms with Crippen molar-refractivity contribution in [1.29, 1.82) is 0 Å². The molecule has 0 saturated heterocycles. The molecular weight excluding hydrogens is 218 g/mol. The van der Waals surface area contributed by atoms with Crippen LogP contribution in [0.5, 0.6) is 0 Å². The fraction of sp³-hybridized carbons (Fsp3) is 0.750. The number of aliphatic hydroxyl groups is 1. The number of nitrogens with zero attached hydrogens (tertiary/aromatic N) is 2. The van der Waals surface area contributed by atoms with Gasteiger partial charge >= 0.3 is 0 Å². The van der Waals surface area contributed by atoms with Crippen LogP contribution in [0.1, 0.15) is 13.8 Å². The summed E-state index contributed by atoms with van der Waals surface area (Å²) in [6.45, 7) is 5.55. The lowest BCUT2D eigenvalue weighted by Gasteiger charge is -1.96. The van der Waals surface area contributed by atoms with Crippen LogP contribution in [-0.4, -0.2) is 43.0 Å². The minimum atomic E-state index is 0. The highest BCUT2D eigenvalue weighted by molar-refractivity contribution is 6.39. The Morgan fingerprint density at radius 3 is 1.47 bits per heavy atom. The molecule has 0 aliphatic rings. The highest BCUT2D eigenvalue weighted by Gasteiger charge is 1.94. The second kappa shape index (κ2) is 15.6. The van der Waals surface area contributed by atoms with Crippen molar-refractivity contribution < 1.29 is 5.11 Å². The molecule has 7 N–H and O–H groups in total. The van der Waals surface area contributed by atoms with Crippen LogP contribution in [0, 0.1) is 0 Å². The Balaban J connectivity index is -0.000000249. The second-order valence-corrected chi connectivity index (χ2v) is 2.23. The summed E-state index contributed by atoms with van der Waals surface area (Å²) in [5, 5.41) is 7.75. The summed E-state index contributed by atoms with van der Waals surface area (Å²) in [7, 11) is 0. The summed E-state index contributed by atoms with van der Waals surface area (Å²) in [4.78, 5) is 7.76. The Bertz CT molecular complexity index is 164. The first-order chi connectivity index (χ1) is 6.63. The molecule has 0 aromatic heterocycles. The molecule has 0 bridgehead atoms. The molecule has 0 aliphatic carbocycles. The molecule has 0 unspecified atom stereocenters. The maximum atomic E-state index is 7.75. The fourth-order valence-corrected chi connectivity index (χ4v) is 0.503. The van der Waals surface area contributed by atoms with Gasteiger partial charge in [-0.2, -0.15) is 0 Å². The van der Waals surface area contributed by atoms with E-state index in [2.05, 4.69) is 9.98 Å². The van der Waals surface area contributed by atoms with Gasteiger partial charge in [0.25, 0.3) is 0 Å². The summed E-state index contributed by atoms with van der Waals surface area (Å²) < 4.78 is 0. The van der Waals surface area contributed by atoms with E-state index in [1.165, 1.54) is 0 Å². The fourth-order valence-electron chi connectivity index (χ4n) is 0.503. The van der Waals surface area contributed by atoms with Gasteiger partial charge in [-0.1, -0.05) is 0 Å². The number of aliphatic hydroxyl groups excluding tert-OH is 1. The van der Waals surface area contributed by atoms with Crippen LogP contribution >= 0.6 is 12.4 Å². The number of hydrogen-bond donors (Lipinski definition) is 4. The summed E-state index contributed by atoms with van der Waals surface area (Å²) in [6, 6.07) is 0. The van der Waals surface area contributed by atoms with Crippen molar-refractivity contribution in [2.75, 3.05) is 26.2 Å². The molecule has 0 atom stereocenters. The van der Waals surface area contributed by atoms with Gasteiger partial charge in [-0.05, 0) is 13.8 Å². The summed E-state index contributed by atoms with van der Waals surface area (Å²) >= 11 is 0. The van der Waals surface area contributed by atoms with Crippen LogP contribution in [0.3, 0.4) is 0 Å². The van der Waals surface area contributed by atoms with Gasteiger partial charge < -0.3 is 22.3 Å². The highest BCUT2D eigenvalue weighted by Crippen LogP contribution is 1.73. The molecule has 92 valence electrons. The van der Waals surface area contributed by atoms with Crippen molar-refractivity contribution in [3.05, 3.63) is 0 Å². The third-order valence-electron chi connectivity index (χ3n) is 1.05. The quantitative estimate of drug-likeness (QED) is 0.376. The van der Waals surface area contributed by atoms with E-state index >= 15 is 0 Å².